The number of hydrogen-bond acceptors (Lipinski definition) is 11. The van der Waals surface area contributed by atoms with Crippen LogP contribution in [-0.4, -0.2) is 97.5 Å². The summed E-state index contributed by atoms with van der Waals surface area (Å²) in [6.07, 6.45) is 27.6. The molecule has 1 aliphatic rings. The first kappa shape index (κ1) is 50.3. The van der Waals surface area contributed by atoms with Gasteiger partial charge in [-0.25, -0.2) is 4.18 Å². The van der Waals surface area contributed by atoms with Crippen molar-refractivity contribution in [3.05, 3.63) is 36.5 Å². The highest BCUT2D eigenvalue weighted by molar-refractivity contribution is 7.80. The van der Waals surface area contributed by atoms with Crippen LogP contribution in [0, 0.1) is 0 Å². The van der Waals surface area contributed by atoms with E-state index in [9.17, 15) is 28.5 Å². The molecule has 0 bridgehead atoms. The van der Waals surface area contributed by atoms with Gasteiger partial charge >= 0.3 is 16.4 Å². The first-order chi connectivity index (χ1) is 26.1. The van der Waals surface area contributed by atoms with Gasteiger partial charge in [0.2, 0.25) is 0 Å². The van der Waals surface area contributed by atoms with E-state index < -0.39 is 59.8 Å². The van der Waals surface area contributed by atoms with E-state index in [2.05, 4.69) is 54.5 Å². The summed E-state index contributed by atoms with van der Waals surface area (Å²) in [7, 11) is -5.06. The number of carbonyl (C=O) groups is 1. The molecule has 6 unspecified atom stereocenters. The number of aliphatic hydroxyl groups is 3. The molecule has 0 aromatic rings. The van der Waals surface area contributed by atoms with Gasteiger partial charge in [-0.1, -0.05) is 140 Å². The first-order valence-electron chi connectivity index (χ1n) is 20.7. The van der Waals surface area contributed by atoms with Crippen LogP contribution in [0.1, 0.15) is 155 Å². The molecular weight excluding hydrogens is 717 g/mol. The molecule has 12 nitrogen and oxygen atoms in total. The van der Waals surface area contributed by atoms with Gasteiger partial charge in [0.1, 0.15) is 30.5 Å². The summed E-state index contributed by atoms with van der Waals surface area (Å²) in [6, 6.07) is 0. The van der Waals surface area contributed by atoms with Crippen LogP contribution in [-0.2, 0) is 38.3 Å². The number of rotatable bonds is 35. The Morgan fingerprint density at radius 2 is 1.28 bits per heavy atom. The predicted molar refractivity (Wildman–Crippen MR) is 211 cm³/mol. The molecule has 0 aliphatic carbocycles. The third kappa shape index (κ3) is 27.0. The van der Waals surface area contributed by atoms with E-state index in [0.717, 1.165) is 57.8 Å². The van der Waals surface area contributed by atoms with Crippen molar-refractivity contribution in [3.63, 3.8) is 0 Å². The molecule has 0 radical (unpaired) electrons. The van der Waals surface area contributed by atoms with Gasteiger partial charge in [-0.15, -0.1) is 0 Å². The first-order valence-corrected chi connectivity index (χ1v) is 22.1. The summed E-state index contributed by atoms with van der Waals surface area (Å²) in [6.45, 7) is 3.83. The van der Waals surface area contributed by atoms with Crippen molar-refractivity contribution in [2.45, 2.75) is 192 Å². The van der Waals surface area contributed by atoms with Gasteiger partial charge in [-0.2, -0.15) is 8.42 Å². The number of unbranched alkanes of at least 4 members (excludes halogenated alkanes) is 16. The highest BCUT2D eigenvalue weighted by Gasteiger charge is 2.48. The Hall–Kier alpha value is -1.68. The number of aliphatic hydroxyl groups excluding tert-OH is 3. The predicted octanol–water partition coefficient (Wildman–Crippen LogP) is 7.85. The maximum Gasteiger partial charge on any atom is 0.397 e. The highest BCUT2D eigenvalue weighted by Crippen LogP contribution is 2.26. The van der Waals surface area contributed by atoms with E-state index in [1.54, 1.807) is 0 Å². The standard InChI is InChI=1S/C41H74O12S/c1-3-5-7-9-11-13-15-17-19-21-23-25-27-29-31-49-33-35(34-50-41-39(45)40(53-54(46,47)48)38(44)36(32-42)52-41)51-37(43)30-28-26-24-22-20-18-16-14-12-10-8-6-4-2/h6,8,12,14,18,20,35-36,38-42,44-45H,3-5,7,9-11,13,15-17,19,21-34H2,1-2H3,(H,46,47,48)/b8-6-,14-12-,20-18-. The molecule has 0 aromatic carbocycles. The van der Waals surface area contributed by atoms with Gasteiger partial charge in [0.15, 0.2) is 6.29 Å². The van der Waals surface area contributed by atoms with Crippen molar-refractivity contribution < 1.29 is 56.2 Å². The van der Waals surface area contributed by atoms with E-state index in [-0.39, 0.29) is 19.6 Å². The Kier molecular flexibility index (Phi) is 31.2. The van der Waals surface area contributed by atoms with Gasteiger partial charge in [-0.3, -0.25) is 9.35 Å². The van der Waals surface area contributed by atoms with Crippen LogP contribution in [0.3, 0.4) is 0 Å². The SMILES string of the molecule is CC/C=C\C/C=C\C/C=C\CCCCCC(=O)OC(COCCCCCCCCCCCCCCCC)COC1OC(CO)C(O)C(OS(=O)(=O)O)C1O. The van der Waals surface area contributed by atoms with Crippen LogP contribution in [0.5, 0.6) is 0 Å². The maximum absolute atomic E-state index is 12.8. The summed E-state index contributed by atoms with van der Waals surface area (Å²) in [5.41, 5.74) is 0. The van der Waals surface area contributed by atoms with Gasteiger partial charge in [-0.05, 0) is 44.9 Å². The Bertz CT molecular complexity index is 1100. The highest BCUT2D eigenvalue weighted by atomic mass is 32.3. The van der Waals surface area contributed by atoms with Crippen molar-refractivity contribution in [1.82, 2.24) is 0 Å². The lowest BCUT2D eigenvalue weighted by Gasteiger charge is -2.41. The number of esters is 1. The average Bonchev–Trinajstić information content (AvgIpc) is 3.14. The van der Waals surface area contributed by atoms with E-state index in [4.69, 9.17) is 23.5 Å². The topological polar surface area (TPSA) is 178 Å². The Morgan fingerprint density at radius 1 is 0.722 bits per heavy atom. The normalized spacial score (nSPS) is 21.5. The minimum atomic E-state index is -5.06. The van der Waals surface area contributed by atoms with E-state index in [1.165, 1.54) is 70.6 Å². The zero-order valence-electron chi connectivity index (χ0n) is 33.3. The van der Waals surface area contributed by atoms with E-state index >= 15 is 0 Å². The second-order valence-electron chi connectivity index (χ2n) is 14.2. The summed E-state index contributed by atoms with van der Waals surface area (Å²) >= 11 is 0. The Balaban J connectivity index is 2.49. The number of carbonyl (C=O) groups excluding carboxylic acids is 1. The zero-order valence-corrected chi connectivity index (χ0v) is 34.1. The van der Waals surface area contributed by atoms with Crippen molar-refractivity contribution in [2.24, 2.45) is 0 Å². The molecule has 0 aromatic heterocycles. The van der Waals surface area contributed by atoms with Crippen molar-refractivity contribution >= 4 is 16.4 Å². The fourth-order valence-electron chi connectivity index (χ4n) is 6.16. The van der Waals surface area contributed by atoms with Crippen LogP contribution < -0.4 is 0 Å². The van der Waals surface area contributed by atoms with E-state index in [0.29, 0.717) is 13.0 Å². The fraction of sp³-hybridized carbons (Fsp3) is 0.829. The molecule has 1 rings (SSSR count). The molecule has 0 spiro atoms. The maximum atomic E-state index is 12.8. The third-order valence-corrected chi connectivity index (χ3v) is 9.74. The lowest BCUT2D eigenvalue weighted by molar-refractivity contribution is -0.301. The van der Waals surface area contributed by atoms with Gasteiger partial charge in [0, 0.05) is 13.0 Å². The number of hydrogen-bond donors (Lipinski definition) is 4. The molecule has 1 aliphatic heterocycles. The molecule has 0 saturated carbocycles. The van der Waals surface area contributed by atoms with Crippen molar-refractivity contribution in [2.75, 3.05) is 26.4 Å². The fourth-order valence-corrected chi connectivity index (χ4v) is 6.66. The second-order valence-corrected chi connectivity index (χ2v) is 15.3. The molecule has 0 amide bonds. The van der Waals surface area contributed by atoms with Crippen molar-refractivity contribution in [1.29, 1.82) is 0 Å². The molecule has 316 valence electrons. The molecule has 1 heterocycles. The van der Waals surface area contributed by atoms with Gasteiger partial charge in [0.25, 0.3) is 0 Å². The van der Waals surface area contributed by atoms with Gasteiger partial charge in [0.05, 0.1) is 19.8 Å². The van der Waals surface area contributed by atoms with Gasteiger partial charge < -0.3 is 34.3 Å². The lowest BCUT2D eigenvalue weighted by atomic mass is 9.99. The summed E-state index contributed by atoms with van der Waals surface area (Å²) in [4.78, 5) is 12.8. The molecule has 1 fully saturated rings. The van der Waals surface area contributed by atoms with Crippen LogP contribution in [0.4, 0.5) is 0 Å². The molecule has 54 heavy (non-hydrogen) atoms. The van der Waals surface area contributed by atoms with Crippen LogP contribution >= 0.6 is 0 Å². The molecule has 4 N–H and O–H groups in total. The van der Waals surface area contributed by atoms with Crippen molar-refractivity contribution in [3.8, 4) is 0 Å². The van der Waals surface area contributed by atoms with Crippen LogP contribution in [0.25, 0.3) is 0 Å². The number of allylic oxidation sites excluding steroid dienone is 6. The minimum Gasteiger partial charge on any atom is -0.457 e. The summed E-state index contributed by atoms with van der Waals surface area (Å²) < 4.78 is 58.8. The monoisotopic (exact) mass is 790 g/mol. The zero-order chi connectivity index (χ0) is 39.7. The Labute approximate surface area is 326 Å². The van der Waals surface area contributed by atoms with Crippen LogP contribution in [0.15, 0.2) is 36.5 Å². The summed E-state index contributed by atoms with van der Waals surface area (Å²) in [5.74, 6) is -0.428. The minimum absolute atomic E-state index is 0.0259. The molecule has 1 saturated heterocycles. The van der Waals surface area contributed by atoms with Crippen LogP contribution in [0.2, 0.25) is 0 Å². The van der Waals surface area contributed by atoms with E-state index in [1.807, 2.05) is 0 Å². The number of ether oxygens (including phenoxy) is 4. The second kappa shape index (κ2) is 33.5. The quantitative estimate of drug-likeness (QED) is 0.0212. The molecule has 6 atom stereocenters. The Morgan fingerprint density at radius 3 is 1.85 bits per heavy atom. The molecular formula is C41H74O12S. The largest absolute Gasteiger partial charge is 0.457 e. The third-order valence-electron chi connectivity index (χ3n) is 9.28. The summed E-state index contributed by atoms with van der Waals surface area (Å²) in [5, 5.41) is 30.6. The lowest BCUT2D eigenvalue weighted by Crippen LogP contribution is -2.60. The molecule has 13 heteroatoms. The average molecular weight is 791 g/mol. The smallest absolute Gasteiger partial charge is 0.397 e.